The fraction of sp³-hybridized carbons (Fsp3) is 0.429. The Labute approximate surface area is 122 Å². The lowest BCUT2D eigenvalue weighted by Crippen LogP contribution is -2.49. The zero-order valence-electron chi connectivity index (χ0n) is 11.7. The van der Waals surface area contributed by atoms with Gasteiger partial charge in [-0.05, 0) is 31.0 Å². The monoisotopic (exact) mass is 295 g/mol. The number of anilines is 1. The number of thioether (sulfide) groups is 1. The number of carbonyl (C=O) groups excluding carboxylic acids is 1. The Balaban J connectivity index is 2.62. The molecule has 1 rings (SSSR count). The number of halogens is 1. The van der Waals surface area contributed by atoms with Gasteiger partial charge in [0.1, 0.15) is 11.4 Å². The molecular formula is C14H18FN3OS. The molecule has 0 aromatic heterocycles. The second kappa shape index (κ2) is 6.62. The molecule has 20 heavy (non-hydrogen) atoms. The van der Waals surface area contributed by atoms with Crippen molar-refractivity contribution >= 4 is 23.4 Å². The van der Waals surface area contributed by atoms with Crippen molar-refractivity contribution in [2.75, 3.05) is 11.5 Å². The van der Waals surface area contributed by atoms with E-state index < -0.39 is 11.4 Å². The molecule has 0 aliphatic carbocycles. The van der Waals surface area contributed by atoms with Crippen LogP contribution in [0.3, 0.4) is 0 Å². The first-order chi connectivity index (χ1) is 9.26. The van der Waals surface area contributed by atoms with Gasteiger partial charge >= 0.3 is 0 Å². The van der Waals surface area contributed by atoms with E-state index >= 15 is 0 Å². The van der Waals surface area contributed by atoms with Crippen molar-refractivity contribution in [1.82, 2.24) is 5.32 Å². The summed E-state index contributed by atoms with van der Waals surface area (Å²) in [6, 6.07) is 6.25. The third kappa shape index (κ3) is 4.42. The molecule has 0 radical (unpaired) electrons. The van der Waals surface area contributed by atoms with Crippen molar-refractivity contribution in [2.24, 2.45) is 5.92 Å². The van der Waals surface area contributed by atoms with Crippen molar-refractivity contribution in [2.45, 2.75) is 31.2 Å². The maximum atomic E-state index is 13.1. The van der Waals surface area contributed by atoms with Gasteiger partial charge in [0.25, 0.3) is 0 Å². The van der Waals surface area contributed by atoms with Crippen LogP contribution < -0.4 is 11.1 Å². The van der Waals surface area contributed by atoms with Crippen LogP contribution in [0.5, 0.6) is 0 Å². The largest absolute Gasteiger partial charge is 0.399 e. The number of hydrogen-bond acceptors (Lipinski definition) is 4. The van der Waals surface area contributed by atoms with Gasteiger partial charge in [-0.2, -0.15) is 5.26 Å². The normalized spacial score (nSPS) is 13.6. The first-order valence-electron chi connectivity index (χ1n) is 6.18. The molecule has 1 aromatic carbocycles. The predicted octanol–water partition coefficient (Wildman–Crippen LogP) is 2.55. The summed E-state index contributed by atoms with van der Waals surface area (Å²) < 4.78 is 13.1. The Morgan fingerprint density at radius 2 is 2.20 bits per heavy atom. The molecule has 0 aliphatic heterocycles. The summed E-state index contributed by atoms with van der Waals surface area (Å²) >= 11 is 1.18. The van der Waals surface area contributed by atoms with Gasteiger partial charge in [-0.1, -0.05) is 13.8 Å². The maximum Gasteiger partial charge on any atom is 0.231 e. The summed E-state index contributed by atoms with van der Waals surface area (Å²) in [4.78, 5) is 12.4. The van der Waals surface area contributed by atoms with E-state index in [2.05, 4.69) is 11.4 Å². The molecule has 6 heteroatoms. The highest BCUT2D eigenvalue weighted by atomic mass is 32.2. The molecule has 0 bridgehead atoms. The number of hydrogen-bond donors (Lipinski definition) is 2. The highest BCUT2D eigenvalue weighted by molar-refractivity contribution is 8.00. The Kier molecular flexibility index (Phi) is 5.40. The second-order valence-corrected chi connectivity index (χ2v) is 6.07. The number of nitrogens with one attached hydrogen (secondary N) is 1. The van der Waals surface area contributed by atoms with Gasteiger partial charge in [-0.25, -0.2) is 4.39 Å². The number of rotatable bonds is 5. The van der Waals surface area contributed by atoms with E-state index in [-0.39, 0.29) is 17.6 Å². The molecule has 0 saturated carbocycles. The number of nitrogens with two attached hydrogens (primary N) is 1. The number of amides is 1. The molecule has 0 fully saturated rings. The molecular weight excluding hydrogens is 277 g/mol. The van der Waals surface area contributed by atoms with Crippen molar-refractivity contribution in [1.29, 1.82) is 5.26 Å². The van der Waals surface area contributed by atoms with Crippen molar-refractivity contribution in [3.05, 3.63) is 24.0 Å². The van der Waals surface area contributed by atoms with Crippen LogP contribution >= 0.6 is 11.8 Å². The van der Waals surface area contributed by atoms with Crippen molar-refractivity contribution < 1.29 is 9.18 Å². The molecule has 0 saturated heterocycles. The second-order valence-electron chi connectivity index (χ2n) is 5.03. The van der Waals surface area contributed by atoms with Gasteiger partial charge < -0.3 is 11.1 Å². The number of benzene rings is 1. The number of carbonyl (C=O) groups is 1. The van der Waals surface area contributed by atoms with Gasteiger partial charge in [0.2, 0.25) is 5.91 Å². The Hall–Kier alpha value is -1.74. The molecule has 3 N–H and O–H groups in total. The number of nitrogen functional groups attached to an aromatic ring is 1. The zero-order valence-corrected chi connectivity index (χ0v) is 12.6. The SMILES string of the molecule is CC(C)C(C)(C#N)NC(=O)CSc1cc(N)cc(F)c1. The molecule has 1 amide bonds. The van der Waals surface area contributed by atoms with E-state index in [1.165, 1.54) is 23.9 Å². The van der Waals surface area contributed by atoms with Crippen LogP contribution in [0.15, 0.2) is 23.1 Å². The van der Waals surface area contributed by atoms with Crippen LogP contribution in [0.4, 0.5) is 10.1 Å². The third-order valence-electron chi connectivity index (χ3n) is 3.05. The van der Waals surface area contributed by atoms with E-state index in [1.54, 1.807) is 13.0 Å². The van der Waals surface area contributed by atoms with E-state index in [9.17, 15) is 9.18 Å². The van der Waals surface area contributed by atoms with Gasteiger partial charge in [-0.3, -0.25) is 4.79 Å². The number of nitrogens with zero attached hydrogens (tertiary/aromatic N) is 1. The Bertz CT molecular complexity index is 521. The predicted molar refractivity (Wildman–Crippen MR) is 78.5 cm³/mol. The van der Waals surface area contributed by atoms with Gasteiger partial charge in [-0.15, -0.1) is 11.8 Å². The van der Waals surface area contributed by atoms with Crippen LogP contribution in [-0.2, 0) is 4.79 Å². The van der Waals surface area contributed by atoms with Crippen LogP contribution in [-0.4, -0.2) is 17.2 Å². The van der Waals surface area contributed by atoms with Gasteiger partial charge in [0.05, 0.1) is 11.8 Å². The summed E-state index contributed by atoms with van der Waals surface area (Å²) in [5, 5.41) is 11.8. The van der Waals surface area contributed by atoms with Gasteiger partial charge in [0, 0.05) is 10.6 Å². The fourth-order valence-electron chi connectivity index (χ4n) is 1.44. The minimum atomic E-state index is -0.904. The van der Waals surface area contributed by atoms with Gasteiger partial charge in [0.15, 0.2) is 0 Å². The summed E-state index contributed by atoms with van der Waals surface area (Å²) in [5.74, 6) is -0.605. The topological polar surface area (TPSA) is 78.9 Å². The first kappa shape index (κ1) is 16.3. The van der Waals surface area contributed by atoms with E-state index in [0.29, 0.717) is 10.6 Å². The third-order valence-corrected chi connectivity index (χ3v) is 4.03. The van der Waals surface area contributed by atoms with Crippen LogP contribution in [0.25, 0.3) is 0 Å². The summed E-state index contributed by atoms with van der Waals surface area (Å²) in [7, 11) is 0. The number of nitriles is 1. The summed E-state index contributed by atoms with van der Waals surface area (Å²) in [6.07, 6.45) is 0. The van der Waals surface area contributed by atoms with Crippen LogP contribution in [0, 0.1) is 23.1 Å². The molecule has 1 unspecified atom stereocenters. The van der Waals surface area contributed by atoms with E-state index in [1.807, 2.05) is 13.8 Å². The fourth-order valence-corrected chi connectivity index (χ4v) is 2.23. The van der Waals surface area contributed by atoms with Crippen molar-refractivity contribution in [3.8, 4) is 6.07 Å². The average molecular weight is 295 g/mol. The standard InChI is InChI=1S/C14H18FN3OS/c1-9(2)14(3,8-16)18-13(19)7-20-12-5-10(15)4-11(17)6-12/h4-6,9H,7,17H2,1-3H3,(H,18,19). The average Bonchev–Trinajstić information content (AvgIpc) is 2.35. The van der Waals surface area contributed by atoms with Crippen LogP contribution in [0.2, 0.25) is 0 Å². The maximum absolute atomic E-state index is 13.1. The lowest BCUT2D eigenvalue weighted by Gasteiger charge is -2.27. The highest BCUT2D eigenvalue weighted by Crippen LogP contribution is 2.22. The first-order valence-corrected chi connectivity index (χ1v) is 7.16. The van der Waals surface area contributed by atoms with Crippen LogP contribution in [0.1, 0.15) is 20.8 Å². The lowest BCUT2D eigenvalue weighted by molar-refractivity contribution is -0.120. The molecule has 108 valence electrons. The molecule has 1 atom stereocenters. The highest BCUT2D eigenvalue weighted by Gasteiger charge is 2.29. The zero-order chi connectivity index (χ0) is 15.3. The van der Waals surface area contributed by atoms with E-state index in [0.717, 1.165) is 0 Å². The molecule has 1 aromatic rings. The smallest absolute Gasteiger partial charge is 0.231 e. The van der Waals surface area contributed by atoms with E-state index in [4.69, 9.17) is 11.0 Å². The minimum Gasteiger partial charge on any atom is -0.399 e. The Morgan fingerprint density at radius 3 is 2.70 bits per heavy atom. The summed E-state index contributed by atoms with van der Waals surface area (Å²) in [5.41, 5.74) is 4.94. The minimum absolute atomic E-state index is 0.00809. The molecule has 4 nitrogen and oxygen atoms in total. The lowest BCUT2D eigenvalue weighted by atomic mass is 9.90. The molecule has 0 heterocycles. The quantitative estimate of drug-likeness (QED) is 0.646. The van der Waals surface area contributed by atoms with Crippen molar-refractivity contribution in [3.63, 3.8) is 0 Å². The Morgan fingerprint density at radius 1 is 1.55 bits per heavy atom. The summed E-state index contributed by atoms with van der Waals surface area (Å²) in [6.45, 7) is 5.41. The molecule has 0 aliphatic rings. The molecule has 0 spiro atoms.